The minimum absolute atomic E-state index is 0.240. The molecule has 0 unspecified atom stereocenters. The van der Waals surface area contributed by atoms with Gasteiger partial charge in [0.1, 0.15) is 16.5 Å². The molecule has 3 aromatic rings. The predicted molar refractivity (Wildman–Crippen MR) is 79.4 cm³/mol. The molecule has 0 aromatic carbocycles. The van der Waals surface area contributed by atoms with Crippen molar-refractivity contribution in [2.75, 3.05) is 5.32 Å². The highest BCUT2D eigenvalue weighted by molar-refractivity contribution is 7.18. The van der Waals surface area contributed by atoms with Crippen molar-refractivity contribution in [2.45, 2.75) is 13.8 Å². The normalized spacial score (nSPS) is 10.9. The van der Waals surface area contributed by atoms with Crippen LogP contribution in [-0.2, 0) is 0 Å². The van der Waals surface area contributed by atoms with E-state index in [2.05, 4.69) is 20.3 Å². The average molecular weight is 291 g/mol. The largest absolute Gasteiger partial charge is 0.324 e. The maximum absolute atomic E-state index is 5.95. The van der Waals surface area contributed by atoms with Crippen LogP contribution in [0.15, 0.2) is 24.4 Å². The van der Waals surface area contributed by atoms with Crippen LogP contribution in [0.5, 0.6) is 0 Å². The summed E-state index contributed by atoms with van der Waals surface area (Å²) in [4.78, 5) is 14.8. The van der Waals surface area contributed by atoms with Crippen molar-refractivity contribution in [3.8, 4) is 0 Å². The highest BCUT2D eigenvalue weighted by Gasteiger charge is 2.10. The zero-order valence-corrected chi connectivity index (χ0v) is 12.0. The summed E-state index contributed by atoms with van der Waals surface area (Å²) in [6.45, 7) is 4.03. The monoisotopic (exact) mass is 290 g/mol. The van der Waals surface area contributed by atoms with Gasteiger partial charge in [0.05, 0.1) is 5.39 Å². The van der Waals surface area contributed by atoms with Crippen LogP contribution in [-0.4, -0.2) is 15.0 Å². The van der Waals surface area contributed by atoms with E-state index in [1.54, 1.807) is 17.5 Å². The van der Waals surface area contributed by atoms with Crippen molar-refractivity contribution in [1.29, 1.82) is 0 Å². The number of pyridine rings is 1. The first-order valence-electron chi connectivity index (χ1n) is 5.75. The van der Waals surface area contributed by atoms with E-state index in [9.17, 15) is 0 Å². The Bertz CT molecular complexity index is 736. The Morgan fingerprint density at radius 3 is 2.79 bits per heavy atom. The van der Waals surface area contributed by atoms with Gasteiger partial charge in [0, 0.05) is 11.1 Å². The van der Waals surface area contributed by atoms with Gasteiger partial charge in [0.25, 0.3) is 0 Å². The van der Waals surface area contributed by atoms with Crippen LogP contribution in [0.4, 0.5) is 11.6 Å². The minimum Gasteiger partial charge on any atom is -0.324 e. The SMILES string of the molecule is Cc1ccc(Nc2nc(Cl)nc3sc(C)cc23)nc1. The molecule has 3 rings (SSSR count). The molecule has 6 heteroatoms. The number of halogens is 1. The molecule has 0 aliphatic carbocycles. The molecule has 96 valence electrons. The molecule has 0 amide bonds. The van der Waals surface area contributed by atoms with E-state index < -0.39 is 0 Å². The predicted octanol–water partition coefficient (Wildman–Crippen LogP) is 4.10. The summed E-state index contributed by atoms with van der Waals surface area (Å²) >= 11 is 7.55. The molecule has 0 bridgehead atoms. The Morgan fingerprint density at radius 2 is 2.05 bits per heavy atom. The third-order valence-electron chi connectivity index (χ3n) is 2.65. The molecule has 1 N–H and O–H groups in total. The van der Waals surface area contributed by atoms with Crippen molar-refractivity contribution in [2.24, 2.45) is 0 Å². The van der Waals surface area contributed by atoms with Crippen molar-refractivity contribution < 1.29 is 0 Å². The van der Waals surface area contributed by atoms with Crippen LogP contribution in [0.25, 0.3) is 10.2 Å². The number of hydrogen-bond acceptors (Lipinski definition) is 5. The lowest BCUT2D eigenvalue weighted by atomic mass is 10.3. The summed E-state index contributed by atoms with van der Waals surface area (Å²) in [5.74, 6) is 1.43. The maximum Gasteiger partial charge on any atom is 0.225 e. The molecule has 3 heterocycles. The molecule has 3 aromatic heterocycles. The van der Waals surface area contributed by atoms with Crippen LogP contribution < -0.4 is 5.32 Å². The van der Waals surface area contributed by atoms with Gasteiger partial charge in [-0.3, -0.25) is 0 Å². The maximum atomic E-state index is 5.95. The molecule has 4 nitrogen and oxygen atoms in total. The molecular weight excluding hydrogens is 280 g/mol. The Hall–Kier alpha value is -1.72. The third-order valence-corrected chi connectivity index (χ3v) is 3.76. The lowest BCUT2D eigenvalue weighted by Gasteiger charge is -2.06. The number of rotatable bonds is 2. The van der Waals surface area contributed by atoms with Crippen LogP contribution >= 0.6 is 22.9 Å². The van der Waals surface area contributed by atoms with E-state index in [0.29, 0.717) is 5.82 Å². The molecule has 0 aliphatic heterocycles. The standard InChI is InChI=1S/C13H11ClN4S/c1-7-3-4-10(15-6-7)16-11-9-5-8(2)19-12(9)18-13(14)17-11/h3-6H,1-2H3,(H,15,16,17,18). The topological polar surface area (TPSA) is 50.7 Å². The quantitative estimate of drug-likeness (QED) is 0.722. The Kier molecular flexibility index (Phi) is 3.08. The summed E-state index contributed by atoms with van der Waals surface area (Å²) in [6, 6.07) is 5.96. The van der Waals surface area contributed by atoms with Crippen molar-refractivity contribution in [3.63, 3.8) is 0 Å². The van der Waals surface area contributed by atoms with Crippen molar-refractivity contribution in [3.05, 3.63) is 40.1 Å². The molecule has 0 radical (unpaired) electrons. The van der Waals surface area contributed by atoms with Gasteiger partial charge < -0.3 is 5.32 Å². The first kappa shape index (κ1) is 12.3. The molecule has 0 fully saturated rings. The number of anilines is 2. The second kappa shape index (κ2) is 4.75. The molecule has 0 atom stereocenters. The summed E-state index contributed by atoms with van der Waals surface area (Å²) in [6.07, 6.45) is 1.81. The van der Waals surface area contributed by atoms with Gasteiger partial charge in [-0.15, -0.1) is 11.3 Å². The molecular formula is C13H11ClN4S. The van der Waals surface area contributed by atoms with E-state index >= 15 is 0 Å². The van der Waals surface area contributed by atoms with Crippen LogP contribution in [0.2, 0.25) is 5.28 Å². The van der Waals surface area contributed by atoms with E-state index in [1.165, 1.54) is 4.88 Å². The van der Waals surface area contributed by atoms with Gasteiger partial charge in [-0.05, 0) is 43.1 Å². The second-order valence-corrected chi connectivity index (χ2v) is 5.84. The van der Waals surface area contributed by atoms with E-state index in [4.69, 9.17) is 11.6 Å². The van der Waals surface area contributed by atoms with Gasteiger partial charge in [0.15, 0.2) is 0 Å². The number of hydrogen-bond donors (Lipinski definition) is 1. The molecule has 0 spiro atoms. The van der Waals surface area contributed by atoms with Crippen LogP contribution in [0.1, 0.15) is 10.4 Å². The van der Waals surface area contributed by atoms with Gasteiger partial charge in [-0.2, -0.15) is 4.98 Å². The minimum atomic E-state index is 0.240. The van der Waals surface area contributed by atoms with Gasteiger partial charge in [-0.25, -0.2) is 9.97 Å². The molecule has 0 saturated carbocycles. The zero-order valence-electron chi connectivity index (χ0n) is 10.4. The van der Waals surface area contributed by atoms with Crippen molar-refractivity contribution >= 4 is 44.8 Å². The number of aromatic nitrogens is 3. The molecule has 19 heavy (non-hydrogen) atoms. The summed E-state index contributed by atoms with van der Waals surface area (Å²) in [5, 5.41) is 4.39. The fraction of sp³-hybridized carbons (Fsp3) is 0.154. The van der Waals surface area contributed by atoms with E-state index in [1.807, 2.05) is 32.0 Å². The Morgan fingerprint density at radius 1 is 1.21 bits per heavy atom. The van der Waals surface area contributed by atoms with Gasteiger partial charge in [0.2, 0.25) is 5.28 Å². The van der Waals surface area contributed by atoms with Crippen molar-refractivity contribution in [1.82, 2.24) is 15.0 Å². The van der Waals surface area contributed by atoms with Crippen LogP contribution in [0.3, 0.4) is 0 Å². The van der Waals surface area contributed by atoms with Gasteiger partial charge in [-0.1, -0.05) is 6.07 Å². The number of fused-ring (bicyclic) bond motifs is 1. The summed E-state index contributed by atoms with van der Waals surface area (Å²) < 4.78 is 0. The Balaban J connectivity index is 2.06. The van der Waals surface area contributed by atoms with Gasteiger partial charge >= 0.3 is 0 Å². The number of thiophene rings is 1. The van der Waals surface area contributed by atoms with Crippen LogP contribution in [0, 0.1) is 13.8 Å². The smallest absolute Gasteiger partial charge is 0.225 e. The molecule has 0 saturated heterocycles. The fourth-order valence-electron chi connectivity index (χ4n) is 1.77. The second-order valence-electron chi connectivity index (χ2n) is 4.26. The van der Waals surface area contributed by atoms with E-state index in [-0.39, 0.29) is 5.28 Å². The number of nitrogens with one attached hydrogen (secondary N) is 1. The Labute approximate surface area is 119 Å². The fourth-order valence-corrected chi connectivity index (χ4v) is 2.87. The third kappa shape index (κ3) is 2.52. The number of nitrogens with zero attached hydrogens (tertiary/aromatic N) is 3. The number of aryl methyl sites for hydroxylation is 2. The zero-order chi connectivity index (χ0) is 13.4. The lowest BCUT2D eigenvalue weighted by molar-refractivity contribution is 1.20. The highest BCUT2D eigenvalue weighted by atomic mass is 35.5. The van der Waals surface area contributed by atoms with E-state index in [0.717, 1.165) is 21.6 Å². The summed E-state index contributed by atoms with van der Waals surface area (Å²) in [5.41, 5.74) is 1.11. The first-order chi connectivity index (χ1) is 9.11. The molecule has 0 aliphatic rings. The lowest BCUT2D eigenvalue weighted by Crippen LogP contribution is -1.97. The summed E-state index contributed by atoms with van der Waals surface area (Å²) in [7, 11) is 0. The highest BCUT2D eigenvalue weighted by Crippen LogP contribution is 2.30. The average Bonchev–Trinajstić information content (AvgIpc) is 2.72. The first-order valence-corrected chi connectivity index (χ1v) is 6.94.